The molecule has 2 amide bonds. The molecule has 1 aromatic carbocycles. The number of hydrogen-bond acceptors (Lipinski definition) is 3. The number of benzene rings is 1. The molecule has 0 aromatic heterocycles. The minimum absolute atomic E-state index is 0.0849. The van der Waals surface area contributed by atoms with E-state index in [1.807, 2.05) is 36.1 Å². The third-order valence-electron chi connectivity index (χ3n) is 5.00. The number of amides is 2. The average Bonchev–Trinajstić information content (AvgIpc) is 2.87. The molecule has 3 heterocycles. The SMILES string of the molecule is Cc1cccc(NC(=O)N2C[C@@H]3CC[C@H]2CN(S(=O)(=O)N(C)C)C3)c1. The Bertz CT molecular complexity index is 750. The number of carbonyl (C=O) groups is 1. The lowest BCUT2D eigenvalue weighted by molar-refractivity contribution is 0.153. The zero-order chi connectivity index (χ0) is 18.2. The van der Waals surface area contributed by atoms with Crippen molar-refractivity contribution in [3.8, 4) is 0 Å². The molecule has 0 unspecified atom stereocenters. The Balaban J connectivity index is 1.75. The summed E-state index contributed by atoms with van der Waals surface area (Å²) in [4.78, 5) is 14.6. The molecule has 3 aliphatic rings. The van der Waals surface area contributed by atoms with Crippen molar-refractivity contribution in [2.45, 2.75) is 25.8 Å². The van der Waals surface area contributed by atoms with Gasteiger partial charge >= 0.3 is 6.03 Å². The molecule has 2 atom stereocenters. The van der Waals surface area contributed by atoms with Crippen LogP contribution in [0.1, 0.15) is 18.4 Å². The Hall–Kier alpha value is -1.64. The lowest BCUT2D eigenvalue weighted by Gasteiger charge is -2.36. The molecule has 3 aliphatic heterocycles. The van der Waals surface area contributed by atoms with Gasteiger partial charge in [0.15, 0.2) is 0 Å². The molecular weight excluding hydrogens is 340 g/mol. The van der Waals surface area contributed by atoms with Gasteiger partial charge in [-0.25, -0.2) is 4.79 Å². The van der Waals surface area contributed by atoms with Crippen LogP contribution in [0.3, 0.4) is 0 Å². The number of rotatable bonds is 3. The molecule has 3 saturated heterocycles. The van der Waals surface area contributed by atoms with E-state index in [1.54, 1.807) is 14.1 Å². The fourth-order valence-electron chi connectivity index (χ4n) is 3.63. The summed E-state index contributed by atoms with van der Waals surface area (Å²) in [5.74, 6) is 0.178. The van der Waals surface area contributed by atoms with Crippen LogP contribution in [0.5, 0.6) is 0 Å². The molecule has 0 spiro atoms. The summed E-state index contributed by atoms with van der Waals surface area (Å²) in [6.07, 6.45) is 1.80. The quantitative estimate of drug-likeness (QED) is 0.885. The standard InChI is InChI=1S/C17H26N4O3S/c1-13-5-4-6-15(9-13)18-17(22)21-11-14-7-8-16(21)12-20(10-14)25(23,24)19(2)3/h4-6,9,14,16H,7-8,10-12H2,1-3H3,(H,18,22)/t14-,16+/m1/s1. The molecule has 8 heteroatoms. The number of aryl methyl sites for hydroxylation is 1. The van der Waals surface area contributed by atoms with Crippen molar-refractivity contribution in [3.63, 3.8) is 0 Å². The number of urea groups is 1. The van der Waals surface area contributed by atoms with Gasteiger partial charge in [0, 0.05) is 45.5 Å². The van der Waals surface area contributed by atoms with Crippen molar-refractivity contribution in [2.75, 3.05) is 39.0 Å². The van der Waals surface area contributed by atoms with E-state index < -0.39 is 10.2 Å². The van der Waals surface area contributed by atoms with Gasteiger partial charge in [0.2, 0.25) is 0 Å². The second-order valence-corrected chi connectivity index (χ2v) is 9.30. The maximum atomic E-state index is 12.7. The largest absolute Gasteiger partial charge is 0.322 e. The summed E-state index contributed by atoms with van der Waals surface area (Å²) in [5, 5.41) is 2.95. The van der Waals surface area contributed by atoms with Crippen LogP contribution in [-0.4, -0.2) is 67.7 Å². The van der Waals surface area contributed by atoms with Crippen molar-refractivity contribution in [3.05, 3.63) is 29.8 Å². The van der Waals surface area contributed by atoms with Crippen molar-refractivity contribution in [1.29, 1.82) is 0 Å². The fraction of sp³-hybridized carbons (Fsp3) is 0.588. The molecule has 2 bridgehead atoms. The number of fused-ring (bicyclic) bond motifs is 4. The van der Waals surface area contributed by atoms with Gasteiger partial charge in [-0.05, 0) is 43.4 Å². The van der Waals surface area contributed by atoms with Crippen molar-refractivity contribution in [2.24, 2.45) is 5.92 Å². The van der Waals surface area contributed by atoms with Gasteiger partial charge in [-0.15, -0.1) is 0 Å². The van der Waals surface area contributed by atoms with Gasteiger partial charge in [0.1, 0.15) is 0 Å². The van der Waals surface area contributed by atoms with E-state index in [0.717, 1.165) is 24.1 Å². The van der Waals surface area contributed by atoms with E-state index in [0.29, 0.717) is 19.6 Å². The predicted octanol–water partition coefficient (Wildman–Crippen LogP) is 1.73. The zero-order valence-corrected chi connectivity index (χ0v) is 15.8. The van der Waals surface area contributed by atoms with E-state index in [-0.39, 0.29) is 18.0 Å². The average molecular weight is 366 g/mol. The third kappa shape index (κ3) is 3.80. The van der Waals surface area contributed by atoms with Crippen molar-refractivity contribution >= 4 is 21.9 Å². The Morgan fingerprint density at radius 2 is 1.96 bits per heavy atom. The molecular formula is C17H26N4O3S. The molecule has 0 radical (unpaired) electrons. The second-order valence-electron chi connectivity index (χ2n) is 7.16. The number of nitrogens with one attached hydrogen (secondary N) is 1. The molecule has 1 N–H and O–H groups in total. The van der Waals surface area contributed by atoms with E-state index in [4.69, 9.17) is 0 Å². The van der Waals surface area contributed by atoms with E-state index >= 15 is 0 Å². The summed E-state index contributed by atoms with van der Waals surface area (Å²) >= 11 is 0. The zero-order valence-electron chi connectivity index (χ0n) is 15.0. The van der Waals surface area contributed by atoms with Gasteiger partial charge in [-0.3, -0.25) is 0 Å². The highest BCUT2D eigenvalue weighted by atomic mass is 32.2. The minimum Gasteiger partial charge on any atom is -0.320 e. The van der Waals surface area contributed by atoms with Crippen LogP contribution in [0.4, 0.5) is 10.5 Å². The molecule has 0 aliphatic carbocycles. The Morgan fingerprint density at radius 1 is 1.20 bits per heavy atom. The Kier molecular flexibility index (Phi) is 5.04. The summed E-state index contributed by atoms with van der Waals surface area (Å²) in [5.41, 5.74) is 1.85. The maximum Gasteiger partial charge on any atom is 0.322 e. The number of hydrogen-bond donors (Lipinski definition) is 1. The number of anilines is 1. The van der Waals surface area contributed by atoms with Crippen LogP contribution in [-0.2, 0) is 10.2 Å². The van der Waals surface area contributed by atoms with E-state index in [9.17, 15) is 13.2 Å². The fourth-order valence-corrected chi connectivity index (χ4v) is 4.85. The highest BCUT2D eigenvalue weighted by Crippen LogP contribution is 2.30. The normalized spacial score (nSPS) is 24.4. The molecule has 1 aromatic rings. The maximum absolute atomic E-state index is 12.7. The predicted molar refractivity (Wildman–Crippen MR) is 97.6 cm³/mol. The van der Waals surface area contributed by atoms with E-state index in [1.165, 1.54) is 8.61 Å². The first-order chi connectivity index (χ1) is 11.8. The van der Waals surface area contributed by atoms with Gasteiger partial charge < -0.3 is 10.2 Å². The monoisotopic (exact) mass is 366 g/mol. The number of carbonyl (C=O) groups excluding carboxylic acids is 1. The first-order valence-electron chi connectivity index (χ1n) is 8.59. The van der Waals surface area contributed by atoms with E-state index in [2.05, 4.69) is 5.32 Å². The first kappa shape index (κ1) is 18.2. The first-order valence-corrected chi connectivity index (χ1v) is 9.99. The molecule has 7 nitrogen and oxygen atoms in total. The highest BCUT2D eigenvalue weighted by Gasteiger charge is 2.41. The highest BCUT2D eigenvalue weighted by molar-refractivity contribution is 7.86. The summed E-state index contributed by atoms with van der Waals surface area (Å²) in [6, 6.07) is 7.45. The van der Waals surface area contributed by atoms with Crippen LogP contribution in [0, 0.1) is 12.8 Å². The van der Waals surface area contributed by atoms with Gasteiger partial charge in [-0.1, -0.05) is 12.1 Å². The molecule has 25 heavy (non-hydrogen) atoms. The Labute approximate surface area is 149 Å². The van der Waals surface area contributed by atoms with Crippen molar-refractivity contribution < 1.29 is 13.2 Å². The smallest absolute Gasteiger partial charge is 0.320 e. The third-order valence-corrected chi connectivity index (χ3v) is 6.87. The number of nitrogens with zero attached hydrogens (tertiary/aromatic N) is 3. The van der Waals surface area contributed by atoms with Crippen LogP contribution in [0.15, 0.2) is 24.3 Å². The minimum atomic E-state index is -3.45. The summed E-state index contributed by atoms with van der Waals surface area (Å²) < 4.78 is 27.8. The molecule has 138 valence electrons. The van der Waals surface area contributed by atoms with Gasteiger partial charge in [0.25, 0.3) is 10.2 Å². The molecule has 3 fully saturated rings. The summed E-state index contributed by atoms with van der Waals surface area (Å²) in [6.45, 7) is 3.42. The second kappa shape index (κ2) is 6.93. The summed E-state index contributed by atoms with van der Waals surface area (Å²) in [7, 11) is -0.363. The lowest BCUT2D eigenvalue weighted by atomic mass is 9.95. The Morgan fingerprint density at radius 3 is 2.64 bits per heavy atom. The van der Waals surface area contributed by atoms with Crippen LogP contribution in [0.2, 0.25) is 0 Å². The number of piperidine rings is 1. The molecule has 0 saturated carbocycles. The van der Waals surface area contributed by atoms with Crippen molar-refractivity contribution in [1.82, 2.24) is 13.5 Å². The topological polar surface area (TPSA) is 73.0 Å². The van der Waals surface area contributed by atoms with Crippen LogP contribution in [0.25, 0.3) is 0 Å². The van der Waals surface area contributed by atoms with Gasteiger partial charge in [0.05, 0.1) is 0 Å². The van der Waals surface area contributed by atoms with Crippen LogP contribution >= 0.6 is 0 Å². The molecule has 4 rings (SSSR count). The van der Waals surface area contributed by atoms with Gasteiger partial charge in [-0.2, -0.15) is 17.0 Å². The lowest BCUT2D eigenvalue weighted by Crippen LogP contribution is -2.50. The van der Waals surface area contributed by atoms with Crippen LogP contribution < -0.4 is 5.32 Å².